The van der Waals surface area contributed by atoms with E-state index >= 15 is 0 Å². The van der Waals surface area contributed by atoms with Gasteiger partial charge in [-0.15, -0.1) is 0 Å². The molecule has 0 aliphatic carbocycles. The molecule has 0 spiro atoms. The monoisotopic (exact) mass is 379 g/mol. The van der Waals surface area contributed by atoms with Crippen molar-refractivity contribution in [2.75, 3.05) is 40.5 Å². The average Bonchev–Trinajstić information content (AvgIpc) is 2.68. The Labute approximate surface area is 159 Å². The summed E-state index contributed by atoms with van der Waals surface area (Å²) in [5, 5.41) is 2.59. The normalized spacial score (nSPS) is 22.6. The first-order chi connectivity index (χ1) is 12.6. The Hall–Kier alpha value is -1.92. The number of morpholine rings is 1. The summed E-state index contributed by atoms with van der Waals surface area (Å²) in [7, 11) is 3.29. The van der Waals surface area contributed by atoms with Crippen molar-refractivity contribution in [3.8, 4) is 11.5 Å². The van der Waals surface area contributed by atoms with Gasteiger partial charge in [-0.25, -0.2) is 4.99 Å². The molecule has 1 aromatic rings. The highest BCUT2D eigenvalue weighted by molar-refractivity contribution is 6.24. The Morgan fingerprint density at radius 2 is 2.00 bits per heavy atom. The molecule has 0 bridgehead atoms. The Morgan fingerprint density at radius 1 is 1.23 bits per heavy atom. The lowest BCUT2D eigenvalue weighted by molar-refractivity contribution is 0.0487. The summed E-state index contributed by atoms with van der Waals surface area (Å²) in [5.41, 5.74) is 1.19. The highest BCUT2D eigenvalue weighted by atomic mass is 35.5. The molecule has 6 nitrogen and oxygen atoms in total. The number of hydrogen-bond acceptors (Lipinski definition) is 6. The molecule has 0 aromatic heterocycles. The lowest BCUT2D eigenvalue weighted by Crippen LogP contribution is -2.48. The number of halogens is 1. The van der Waals surface area contributed by atoms with Crippen LogP contribution in [0.4, 0.5) is 0 Å². The molecule has 26 heavy (non-hydrogen) atoms. The molecule has 0 saturated carbocycles. The smallest absolute Gasteiger partial charge is 0.207 e. The lowest BCUT2D eigenvalue weighted by atomic mass is 10.1. The summed E-state index contributed by atoms with van der Waals surface area (Å²) in [6.07, 6.45) is 6.29. The van der Waals surface area contributed by atoms with E-state index in [4.69, 9.17) is 25.8 Å². The van der Waals surface area contributed by atoms with Gasteiger partial charge in [-0.05, 0) is 36.6 Å². The van der Waals surface area contributed by atoms with Gasteiger partial charge in [0.25, 0.3) is 0 Å². The lowest BCUT2D eigenvalue weighted by Gasteiger charge is -2.37. The number of rotatable bonds is 7. The van der Waals surface area contributed by atoms with Crippen LogP contribution in [0.2, 0.25) is 0 Å². The third-order valence-corrected chi connectivity index (χ3v) is 4.99. The standard InChI is InChI=1S/C19H26ClN3O3/c1-24-16-6-5-15(14-17(16)25-2)4-3-8-19(20)21-9-7-18(22-19)23-10-12-26-13-11-23/h5-7,9,14,22H,3-4,8,10-13H2,1-2H3. The average molecular weight is 380 g/mol. The van der Waals surface area contributed by atoms with E-state index in [1.807, 2.05) is 18.2 Å². The van der Waals surface area contributed by atoms with E-state index in [1.165, 1.54) is 5.56 Å². The summed E-state index contributed by atoms with van der Waals surface area (Å²) >= 11 is 6.71. The Kier molecular flexibility index (Phi) is 6.27. The van der Waals surface area contributed by atoms with Crippen LogP contribution in [0.3, 0.4) is 0 Å². The molecule has 3 rings (SSSR count). The fourth-order valence-electron chi connectivity index (χ4n) is 3.17. The molecule has 1 N–H and O–H groups in total. The number of ether oxygens (including phenoxy) is 3. The second-order valence-electron chi connectivity index (χ2n) is 6.36. The first-order valence-electron chi connectivity index (χ1n) is 8.90. The number of nitrogens with zero attached hydrogens (tertiary/aromatic N) is 2. The number of hydrogen-bond donors (Lipinski definition) is 1. The maximum Gasteiger partial charge on any atom is 0.207 e. The molecule has 2 heterocycles. The van der Waals surface area contributed by atoms with Gasteiger partial charge in [0.2, 0.25) is 5.12 Å². The highest BCUT2D eigenvalue weighted by Crippen LogP contribution is 2.30. The maximum atomic E-state index is 6.71. The number of aliphatic imine (C=N–C) groups is 1. The van der Waals surface area contributed by atoms with Gasteiger partial charge in [-0.3, -0.25) is 0 Å². The van der Waals surface area contributed by atoms with Crippen molar-refractivity contribution in [3.63, 3.8) is 0 Å². The van der Waals surface area contributed by atoms with Crippen LogP contribution in [-0.4, -0.2) is 56.8 Å². The molecule has 1 fully saturated rings. The van der Waals surface area contributed by atoms with Gasteiger partial charge in [0.15, 0.2) is 11.5 Å². The maximum absolute atomic E-state index is 6.71. The van der Waals surface area contributed by atoms with E-state index in [0.29, 0.717) is 0 Å². The molecule has 142 valence electrons. The van der Waals surface area contributed by atoms with Crippen LogP contribution in [0, 0.1) is 0 Å². The van der Waals surface area contributed by atoms with E-state index in [2.05, 4.69) is 21.3 Å². The predicted octanol–water partition coefficient (Wildman–Crippen LogP) is 2.77. The quantitative estimate of drug-likeness (QED) is 0.583. The van der Waals surface area contributed by atoms with Crippen molar-refractivity contribution in [3.05, 3.63) is 35.7 Å². The van der Waals surface area contributed by atoms with Gasteiger partial charge < -0.3 is 24.4 Å². The highest BCUT2D eigenvalue weighted by Gasteiger charge is 2.30. The first kappa shape index (κ1) is 18.9. The van der Waals surface area contributed by atoms with E-state index in [0.717, 1.165) is 62.9 Å². The minimum Gasteiger partial charge on any atom is -0.493 e. The molecule has 2 aliphatic rings. The largest absolute Gasteiger partial charge is 0.493 e. The van der Waals surface area contributed by atoms with E-state index in [1.54, 1.807) is 20.4 Å². The van der Waals surface area contributed by atoms with Crippen LogP contribution in [-0.2, 0) is 11.2 Å². The van der Waals surface area contributed by atoms with Crippen molar-refractivity contribution in [1.82, 2.24) is 10.2 Å². The minimum atomic E-state index is -0.793. The summed E-state index contributed by atoms with van der Waals surface area (Å²) in [4.78, 5) is 6.70. The predicted molar refractivity (Wildman–Crippen MR) is 103 cm³/mol. The number of aryl methyl sites for hydroxylation is 1. The zero-order chi connectivity index (χ0) is 18.4. The van der Waals surface area contributed by atoms with Crippen LogP contribution < -0.4 is 14.8 Å². The molecule has 0 amide bonds. The van der Waals surface area contributed by atoms with Crippen LogP contribution in [0.5, 0.6) is 11.5 Å². The molecular weight excluding hydrogens is 354 g/mol. The molecule has 7 heteroatoms. The minimum absolute atomic E-state index is 0.723. The third kappa shape index (κ3) is 4.62. The summed E-state index contributed by atoms with van der Waals surface area (Å²) in [6.45, 7) is 3.21. The van der Waals surface area contributed by atoms with Gasteiger partial charge in [0.05, 0.1) is 27.4 Å². The summed E-state index contributed by atoms with van der Waals surface area (Å²) in [6, 6.07) is 6.00. The first-order valence-corrected chi connectivity index (χ1v) is 9.27. The fraction of sp³-hybridized carbons (Fsp3) is 0.526. The molecule has 1 saturated heterocycles. The van der Waals surface area contributed by atoms with Crippen LogP contribution in [0.15, 0.2) is 35.1 Å². The van der Waals surface area contributed by atoms with Crippen molar-refractivity contribution in [2.45, 2.75) is 24.4 Å². The van der Waals surface area contributed by atoms with Gasteiger partial charge in [0.1, 0.15) is 5.82 Å². The van der Waals surface area contributed by atoms with Gasteiger partial charge in [-0.2, -0.15) is 0 Å². The number of allylic oxidation sites excluding steroid dienone is 1. The van der Waals surface area contributed by atoms with Gasteiger partial charge in [0, 0.05) is 25.7 Å². The van der Waals surface area contributed by atoms with Crippen molar-refractivity contribution >= 4 is 17.8 Å². The number of methoxy groups -OCH3 is 2. The topological polar surface area (TPSA) is 55.3 Å². The molecule has 1 aromatic carbocycles. The molecule has 1 unspecified atom stereocenters. The van der Waals surface area contributed by atoms with Gasteiger partial charge >= 0.3 is 0 Å². The number of alkyl halides is 1. The molecule has 0 radical (unpaired) electrons. The zero-order valence-corrected chi connectivity index (χ0v) is 16.1. The zero-order valence-electron chi connectivity index (χ0n) is 15.3. The van der Waals surface area contributed by atoms with Gasteiger partial charge in [-0.1, -0.05) is 17.7 Å². The molecule has 2 aliphatic heterocycles. The van der Waals surface area contributed by atoms with E-state index in [-0.39, 0.29) is 0 Å². The second kappa shape index (κ2) is 8.64. The molecule has 1 atom stereocenters. The van der Waals surface area contributed by atoms with Crippen molar-refractivity contribution in [1.29, 1.82) is 0 Å². The van der Waals surface area contributed by atoms with Crippen molar-refractivity contribution < 1.29 is 14.2 Å². The Bertz CT molecular complexity index is 674. The van der Waals surface area contributed by atoms with Crippen LogP contribution in [0.25, 0.3) is 0 Å². The van der Waals surface area contributed by atoms with Crippen LogP contribution in [0.1, 0.15) is 18.4 Å². The second-order valence-corrected chi connectivity index (χ2v) is 6.98. The Morgan fingerprint density at radius 3 is 2.73 bits per heavy atom. The van der Waals surface area contributed by atoms with Crippen molar-refractivity contribution in [2.24, 2.45) is 4.99 Å². The number of benzene rings is 1. The van der Waals surface area contributed by atoms with Crippen LogP contribution >= 0.6 is 11.6 Å². The summed E-state index contributed by atoms with van der Waals surface area (Å²) < 4.78 is 16.1. The Balaban J connectivity index is 1.54. The SMILES string of the molecule is COc1ccc(CCCC2(Cl)N=CC=C(N3CCOCC3)N2)cc1OC. The third-order valence-electron chi connectivity index (χ3n) is 4.60. The molecular formula is C19H26ClN3O3. The summed E-state index contributed by atoms with van der Waals surface area (Å²) in [5.74, 6) is 2.50. The number of nitrogens with one attached hydrogen (secondary N) is 1. The van der Waals surface area contributed by atoms with E-state index < -0.39 is 5.12 Å². The van der Waals surface area contributed by atoms with E-state index in [9.17, 15) is 0 Å². The fourth-order valence-corrected chi connectivity index (χ4v) is 3.46.